The molecule has 0 aliphatic carbocycles. The van der Waals surface area contributed by atoms with Gasteiger partial charge in [0.2, 0.25) is 0 Å². The zero-order valence-corrected chi connectivity index (χ0v) is 10.8. The molecule has 0 spiro atoms. The SMILES string of the molecule is CC.Cc1cnc2nc(C(C)C)ccc2c1. The van der Waals surface area contributed by atoms with E-state index in [2.05, 4.69) is 42.0 Å². The minimum absolute atomic E-state index is 0.461. The lowest BCUT2D eigenvalue weighted by Gasteiger charge is -2.05. The number of hydrogen-bond acceptors (Lipinski definition) is 2. The summed E-state index contributed by atoms with van der Waals surface area (Å²) in [4.78, 5) is 8.82. The Morgan fingerprint density at radius 3 is 2.44 bits per heavy atom. The molecule has 2 rings (SSSR count). The summed E-state index contributed by atoms with van der Waals surface area (Å²) in [5, 5.41) is 1.12. The summed E-state index contributed by atoms with van der Waals surface area (Å²) >= 11 is 0. The number of fused-ring (bicyclic) bond motifs is 1. The smallest absolute Gasteiger partial charge is 0.159 e. The van der Waals surface area contributed by atoms with Crippen molar-refractivity contribution in [3.05, 3.63) is 35.7 Å². The normalized spacial score (nSPS) is 10.1. The van der Waals surface area contributed by atoms with Gasteiger partial charge in [0.15, 0.2) is 5.65 Å². The van der Waals surface area contributed by atoms with E-state index in [1.54, 1.807) is 0 Å². The monoisotopic (exact) mass is 216 g/mol. The number of aromatic nitrogens is 2. The van der Waals surface area contributed by atoms with Crippen molar-refractivity contribution < 1.29 is 0 Å². The summed E-state index contributed by atoms with van der Waals surface area (Å²) in [7, 11) is 0. The lowest BCUT2D eigenvalue weighted by Crippen LogP contribution is -1.94. The van der Waals surface area contributed by atoms with E-state index in [0.29, 0.717) is 5.92 Å². The first-order chi connectivity index (χ1) is 7.66. The van der Waals surface area contributed by atoms with Gasteiger partial charge in [0.25, 0.3) is 0 Å². The maximum Gasteiger partial charge on any atom is 0.159 e. The highest BCUT2D eigenvalue weighted by Gasteiger charge is 2.02. The van der Waals surface area contributed by atoms with E-state index in [1.165, 1.54) is 5.56 Å². The second-order valence-corrected chi connectivity index (χ2v) is 3.95. The minimum Gasteiger partial charge on any atom is -0.236 e. The quantitative estimate of drug-likeness (QED) is 0.717. The van der Waals surface area contributed by atoms with E-state index in [-0.39, 0.29) is 0 Å². The van der Waals surface area contributed by atoms with Gasteiger partial charge in [-0.3, -0.25) is 0 Å². The van der Waals surface area contributed by atoms with E-state index in [0.717, 1.165) is 16.7 Å². The molecule has 0 amide bonds. The summed E-state index contributed by atoms with van der Waals surface area (Å²) in [5.41, 5.74) is 3.13. The average Bonchev–Trinajstić information content (AvgIpc) is 2.30. The summed E-state index contributed by atoms with van der Waals surface area (Å²) in [6.07, 6.45) is 1.86. The fourth-order valence-corrected chi connectivity index (χ4v) is 1.46. The lowest BCUT2D eigenvalue weighted by atomic mass is 10.1. The van der Waals surface area contributed by atoms with Gasteiger partial charge in [-0.05, 0) is 36.6 Å². The molecule has 2 heterocycles. The molecule has 16 heavy (non-hydrogen) atoms. The van der Waals surface area contributed by atoms with Crippen LogP contribution in [0.25, 0.3) is 11.0 Å². The van der Waals surface area contributed by atoms with E-state index < -0.39 is 0 Å². The van der Waals surface area contributed by atoms with Crippen LogP contribution in [0.5, 0.6) is 0 Å². The van der Waals surface area contributed by atoms with Crippen LogP contribution >= 0.6 is 0 Å². The van der Waals surface area contributed by atoms with Gasteiger partial charge >= 0.3 is 0 Å². The van der Waals surface area contributed by atoms with E-state index in [9.17, 15) is 0 Å². The largest absolute Gasteiger partial charge is 0.236 e. The highest BCUT2D eigenvalue weighted by Crippen LogP contribution is 2.16. The predicted molar refractivity (Wildman–Crippen MR) is 69.7 cm³/mol. The molecule has 0 atom stereocenters. The van der Waals surface area contributed by atoms with Crippen LogP contribution in [-0.2, 0) is 0 Å². The summed E-state index contributed by atoms with van der Waals surface area (Å²) in [5.74, 6) is 0.461. The highest BCUT2D eigenvalue weighted by atomic mass is 14.8. The number of aryl methyl sites for hydroxylation is 1. The van der Waals surface area contributed by atoms with Crippen molar-refractivity contribution in [2.75, 3.05) is 0 Å². The van der Waals surface area contributed by atoms with E-state index >= 15 is 0 Å². The lowest BCUT2D eigenvalue weighted by molar-refractivity contribution is 0.828. The Kier molecular flexibility index (Phi) is 4.41. The van der Waals surface area contributed by atoms with Crippen LogP contribution < -0.4 is 0 Å². The molecule has 0 bridgehead atoms. The van der Waals surface area contributed by atoms with Gasteiger partial charge in [-0.15, -0.1) is 0 Å². The summed E-state index contributed by atoms with van der Waals surface area (Å²) in [6.45, 7) is 10.3. The number of pyridine rings is 2. The molecule has 0 aliphatic rings. The molecule has 0 saturated heterocycles. The van der Waals surface area contributed by atoms with E-state index in [1.807, 2.05) is 27.0 Å². The molecular formula is C14H20N2. The maximum absolute atomic E-state index is 4.50. The minimum atomic E-state index is 0.461. The van der Waals surface area contributed by atoms with Crippen LogP contribution in [0.15, 0.2) is 24.4 Å². The molecule has 0 radical (unpaired) electrons. The molecule has 0 aliphatic heterocycles. The average molecular weight is 216 g/mol. The third kappa shape index (κ3) is 2.78. The molecule has 0 unspecified atom stereocenters. The Hall–Kier alpha value is -1.44. The number of hydrogen-bond donors (Lipinski definition) is 0. The van der Waals surface area contributed by atoms with Crippen molar-refractivity contribution >= 4 is 11.0 Å². The molecule has 0 saturated carbocycles. The van der Waals surface area contributed by atoms with Crippen molar-refractivity contribution in [1.29, 1.82) is 0 Å². The summed E-state index contributed by atoms with van der Waals surface area (Å²) in [6, 6.07) is 6.28. The Balaban J connectivity index is 0.000000606. The first-order valence-electron chi connectivity index (χ1n) is 5.90. The van der Waals surface area contributed by atoms with Crippen LogP contribution in [-0.4, -0.2) is 9.97 Å². The number of nitrogens with zero attached hydrogens (tertiary/aromatic N) is 2. The van der Waals surface area contributed by atoms with Crippen molar-refractivity contribution in [3.8, 4) is 0 Å². The first-order valence-corrected chi connectivity index (χ1v) is 5.90. The van der Waals surface area contributed by atoms with Crippen LogP contribution in [0.1, 0.15) is 44.9 Å². The standard InChI is InChI=1S/C12H14N2.C2H6/c1-8(2)11-5-4-10-6-9(3)7-13-12(10)14-11;1-2/h4-8H,1-3H3;1-2H3. The molecule has 86 valence electrons. The molecule has 0 aromatic carbocycles. The number of rotatable bonds is 1. The Labute approximate surface area is 97.7 Å². The molecule has 0 N–H and O–H groups in total. The van der Waals surface area contributed by atoms with Crippen molar-refractivity contribution in [1.82, 2.24) is 9.97 Å². The highest BCUT2D eigenvalue weighted by molar-refractivity contribution is 5.75. The fraction of sp³-hybridized carbons (Fsp3) is 0.429. The molecule has 2 nitrogen and oxygen atoms in total. The maximum atomic E-state index is 4.50. The predicted octanol–water partition coefficient (Wildman–Crippen LogP) is 4.09. The van der Waals surface area contributed by atoms with Gasteiger partial charge < -0.3 is 0 Å². The zero-order chi connectivity index (χ0) is 12.1. The first kappa shape index (κ1) is 12.6. The van der Waals surface area contributed by atoms with Crippen molar-refractivity contribution in [2.24, 2.45) is 0 Å². The van der Waals surface area contributed by atoms with Crippen LogP contribution in [0.4, 0.5) is 0 Å². The van der Waals surface area contributed by atoms with Crippen LogP contribution in [0, 0.1) is 6.92 Å². The third-order valence-electron chi connectivity index (χ3n) is 2.29. The van der Waals surface area contributed by atoms with E-state index in [4.69, 9.17) is 0 Å². The van der Waals surface area contributed by atoms with Crippen LogP contribution in [0.2, 0.25) is 0 Å². The molecular weight excluding hydrogens is 196 g/mol. The van der Waals surface area contributed by atoms with Gasteiger partial charge in [-0.25, -0.2) is 9.97 Å². The van der Waals surface area contributed by atoms with Crippen molar-refractivity contribution in [2.45, 2.75) is 40.5 Å². The molecule has 2 heteroatoms. The Morgan fingerprint density at radius 1 is 1.12 bits per heavy atom. The van der Waals surface area contributed by atoms with Gasteiger partial charge in [0.1, 0.15) is 0 Å². The fourth-order valence-electron chi connectivity index (χ4n) is 1.46. The molecule has 2 aromatic heterocycles. The van der Waals surface area contributed by atoms with Gasteiger partial charge in [0.05, 0.1) is 0 Å². The second-order valence-electron chi connectivity index (χ2n) is 3.95. The van der Waals surface area contributed by atoms with Gasteiger partial charge in [-0.2, -0.15) is 0 Å². The van der Waals surface area contributed by atoms with Crippen LogP contribution in [0.3, 0.4) is 0 Å². The Morgan fingerprint density at radius 2 is 1.81 bits per heavy atom. The second kappa shape index (κ2) is 5.59. The third-order valence-corrected chi connectivity index (χ3v) is 2.29. The topological polar surface area (TPSA) is 25.8 Å². The van der Waals surface area contributed by atoms with Crippen molar-refractivity contribution in [3.63, 3.8) is 0 Å². The molecule has 2 aromatic rings. The van der Waals surface area contributed by atoms with Gasteiger partial charge in [-0.1, -0.05) is 27.7 Å². The Bertz CT molecular complexity index is 461. The molecule has 0 fully saturated rings. The summed E-state index contributed by atoms with van der Waals surface area (Å²) < 4.78 is 0. The van der Waals surface area contributed by atoms with Gasteiger partial charge in [0, 0.05) is 17.3 Å². The zero-order valence-electron chi connectivity index (χ0n) is 10.8.